The number of hydrogen-bond donors (Lipinski definition) is 0. The molecule has 0 unspecified atom stereocenters. The van der Waals surface area contributed by atoms with Crippen molar-refractivity contribution in [1.29, 1.82) is 0 Å². The lowest BCUT2D eigenvalue weighted by molar-refractivity contribution is -0.0385. The summed E-state index contributed by atoms with van der Waals surface area (Å²) in [6, 6.07) is 12.9. The zero-order valence-electron chi connectivity index (χ0n) is 12.0. The highest BCUT2D eigenvalue weighted by atomic mass is 32.1. The molecule has 0 saturated carbocycles. The van der Waals surface area contributed by atoms with Gasteiger partial charge in [0.2, 0.25) is 0 Å². The minimum Gasteiger partial charge on any atom is -0.489 e. The van der Waals surface area contributed by atoms with Gasteiger partial charge in [-0.05, 0) is 28.6 Å². The van der Waals surface area contributed by atoms with Gasteiger partial charge >= 0.3 is 0 Å². The fourth-order valence-corrected chi connectivity index (χ4v) is 4.46. The van der Waals surface area contributed by atoms with Gasteiger partial charge in [-0.1, -0.05) is 30.3 Å². The van der Waals surface area contributed by atoms with E-state index in [1.54, 1.807) is 0 Å². The van der Waals surface area contributed by atoms with Crippen LogP contribution in [-0.4, -0.2) is 18.0 Å². The van der Waals surface area contributed by atoms with Gasteiger partial charge in [0.1, 0.15) is 5.60 Å². The number of likely N-dealkylation sites (tertiary alicyclic amines) is 1. The topological polar surface area (TPSA) is 12.5 Å². The van der Waals surface area contributed by atoms with Gasteiger partial charge in [0.25, 0.3) is 0 Å². The summed E-state index contributed by atoms with van der Waals surface area (Å²) in [6.45, 7) is 3.24. The predicted octanol–water partition coefficient (Wildman–Crippen LogP) is 4.24. The molecule has 1 aromatic heterocycles. The molecule has 0 aliphatic carbocycles. The SMILES string of the molecule is C1=Cc2ccsc2C2(CCN(Cc3ccccc3)CC2)O1. The molecule has 21 heavy (non-hydrogen) atoms. The number of fused-ring (bicyclic) bond motifs is 2. The van der Waals surface area contributed by atoms with E-state index in [2.05, 4.69) is 52.8 Å². The van der Waals surface area contributed by atoms with Crippen LogP contribution in [0.25, 0.3) is 6.08 Å². The number of benzene rings is 1. The Morgan fingerprint density at radius 1 is 1.10 bits per heavy atom. The van der Waals surface area contributed by atoms with Gasteiger partial charge < -0.3 is 4.74 Å². The van der Waals surface area contributed by atoms with E-state index in [1.807, 2.05) is 17.6 Å². The van der Waals surface area contributed by atoms with E-state index < -0.39 is 0 Å². The third-order valence-electron chi connectivity index (χ3n) is 4.56. The molecular weight excluding hydrogens is 278 g/mol. The molecular formula is C18H19NOS. The van der Waals surface area contributed by atoms with Crippen molar-refractivity contribution in [2.45, 2.75) is 25.0 Å². The van der Waals surface area contributed by atoms with Crippen LogP contribution in [0.4, 0.5) is 0 Å². The van der Waals surface area contributed by atoms with Gasteiger partial charge in [0, 0.05) is 32.5 Å². The molecule has 1 saturated heterocycles. The Morgan fingerprint density at radius 2 is 1.90 bits per heavy atom. The number of nitrogens with zero attached hydrogens (tertiary/aromatic N) is 1. The normalized spacial score (nSPS) is 20.2. The average Bonchev–Trinajstić information content (AvgIpc) is 3.01. The van der Waals surface area contributed by atoms with Gasteiger partial charge in [-0.3, -0.25) is 4.90 Å². The van der Waals surface area contributed by atoms with E-state index in [4.69, 9.17) is 4.74 Å². The second-order valence-corrected chi connectivity index (χ2v) is 6.80. The molecule has 1 spiro atoms. The average molecular weight is 297 g/mol. The van der Waals surface area contributed by atoms with Crippen LogP contribution in [0.5, 0.6) is 0 Å². The molecule has 3 heteroatoms. The molecule has 0 amide bonds. The molecule has 2 aliphatic rings. The van der Waals surface area contributed by atoms with Crippen molar-refractivity contribution in [2.75, 3.05) is 13.1 Å². The third kappa shape index (κ3) is 2.41. The van der Waals surface area contributed by atoms with Crippen LogP contribution < -0.4 is 0 Å². The number of piperidine rings is 1. The summed E-state index contributed by atoms with van der Waals surface area (Å²) >= 11 is 1.84. The number of rotatable bonds is 2. The van der Waals surface area contributed by atoms with Gasteiger partial charge in [-0.25, -0.2) is 0 Å². The van der Waals surface area contributed by atoms with Crippen molar-refractivity contribution in [2.24, 2.45) is 0 Å². The smallest absolute Gasteiger partial charge is 0.145 e. The lowest BCUT2D eigenvalue weighted by atomic mass is 9.86. The summed E-state index contributed by atoms with van der Waals surface area (Å²) in [6.07, 6.45) is 6.14. The Hall–Kier alpha value is -1.58. The molecule has 0 N–H and O–H groups in total. The molecule has 0 radical (unpaired) electrons. The maximum atomic E-state index is 6.09. The van der Waals surface area contributed by atoms with Gasteiger partial charge in [-0.15, -0.1) is 11.3 Å². The molecule has 0 atom stereocenters. The Labute approximate surface area is 129 Å². The van der Waals surface area contributed by atoms with E-state index >= 15 is 0 Å². The zero-order chi connectivity index (χ0) is 14.1. The highest BCUT2D eigenvalue weighted by Gasteiger charge is 2.41. The number of thiophene rings is 1. The van der Waals surface area contributed by atoms with Crippen LogP contribution in [0.15, 0.2) is 48.0 Å². The molecule has 4 rings (SSSR count). The first kappa shape index (κ1) is 13.1. The largest absolute Gasteiger partial charge is 0.489 e. The number of hydrogen-bond acceptors (Lipinski definition) is 3. The minimum absolute atomic E-state index is 0.0640. The lowest BCUT2D eigenvalue weighted by Crippen LogP contribution is -2.43. The zero-order valence-corrected chi connectivity index (χ0v) is 12.8. The molecule has 108 valence electrons. The maximum absolute atomic E-state index is 6.09. The van der Waals surface area contributed by atoms with E-state index in [0.29, 0.717) is 0 Å². The fourth-order valence-electron chi connectivity index (χ4n) is 3.37. The van der Waals surface area contributed by atoms with E-state index in [9.17, 15) is 0 Å². The van der Waals surface area contributed by atoms with Crippen LogP contribution in [0.3, 0.4) is 0 Å². The predicted molar refractivity (Wildman–Crippen MR) is 87.1 cm³/mol. The molecule has 2 aromatic rings. The van der Waals surface area contributed by atoms with E-state index in [1.165, 1.54) is 16.0 Å². The van der Waals surface area contributed by atoms with Crippen molar-refractivity contribution in [3.8, 4) is 0 Å². The van der Waals surface area contributed by atoms with Crippen molar-refractivity contribution >= 4 is 17.4 Å². The van der Waals surface area contributed by atoms with Crippen LogP contribution in [0.2, 0.25) is 0 Å². The van der Waals surface area contributed by atoms with E-state index in [0.717, 1.165) is 32.5 Å². The Balaban J connectivity index is 1.47. The first-order chi connectivity index (χ1) is 10.4. The molecule has 2 nitrogen and oxygen atoms in total. The molecule has 1 aromatic carbocycles. The third-order valence-corrected chi connectivity index (χ3v) is 5.68. The van der Waals surface area contributed by atoms with Crippen LogP contribution in [0, 0.1) is 0 Å². The first-order valence-electron chi connectivity index (χ1n) is 7.54. The Morgan fingerprint density at radius 3 is 2.71 bits per heavy atom. The molecule has 3 heterocycles. The quantitative estimate of drug-likeness (QED) is 0.822. The number of ether oxygens (including phenoxy) is 1. The molecule has 0 bridgehead atoms. The Bertz CT molecular complexity index is 638. The summed E-state index contributed by atoms with van der Waals surface area (Å²) in [5.41, 5.74) is 2.68. The fraction of sp³-hybridized carbons (Fsp3) is 0.333. The van der Waals surface area contributed by atoms with Crippen LogP contribution in [-0.2, 0) is 16.9 Å². The van der Waals surface area contributed by atoms with Crippen molar-refractivity contribution in [3.63, 3.8) is 0 Å². The second kappa shape index (κ2) is 5.32. The van der Waals surface area contributed by atoms with Crippen molar-refractivity contribution in [1.82, 2.24) is 4.90 Å². The van der Waals surface area contributed by atoms with Crippen LogP contribution in [0.1, 0.15) is 28.8 Å². The lowest BCUT2D eigenvalue weighted by Gasteiger charge is -2.42. The summed E-state index contributed by atoms with van der Waals surface area (Å²) in [5, 5.41) is 2.18. The Kier molecular flexibility index (Phi) is 3.32. The highest BCUT2D eigenvalue weighted by Crippen LogP contribution is 2.44. The second-order valence-electron chi connectivity index (χ2n) is 5.88. The highest BCUT2D eigenvalue weighted by molar-refractivity contribution is 7.10. The van der Waals surface area contributed by atoms with Crippen LogP contribution >= 0.6 is 11.3 Å². The summed E-state index contributed by atoms with van der Waals surface area (Å²) in [7, 11) is 0. The van der Waals surface area contributed by atoms with Crippen molar-refractivity contribution in [3.05, 3.63) is 64.0 Å². The van der Waals surface area contributed by atoms with Gasteiger partial charge in [0.05, 0.1) is 11.1 Å². The maximum Gasteiger partial charge on any atom is 0.145 e. The first-order valence-corrected chi connectivity index (χ1v) is 8.42. The standard InChI is InChI=1S/C18H19NOS/c1-2-4-15(5-3-1)14-19-10-8-18(9-11-19)17-16(6-12-20-18)7-13-21-17/h1-7,12-13H,8-11,14H2. The van der Waals surface area contributed by atoms with Crippen molar-refractivity contribution < 1.29 is 4.74 Å². The van der Waals surface area contributed by atoms with E-state index in [-0.39, 0.29) is 5.60 Å². The summed E-state index contributed by atoms with van der Waals surface area (Å²) in [4.78, 5) is 3.96. The molecule has 1 fully saturated rings. The minimum atomic E-state index is -0.0640. The summed E-state index contributed by atoms with van der Waals surface area (Å²) < 4.78 is 6.09. The monoisotopic (exact) mass is 297 g/mol. The molecule has 2 aliphatic heterocycles. The summed E-state index contributed by atoms with van der Waals surface area (Å²) in [5.74, 6) is 0. The van der Waals surface area contributed by atoms with Gasteiger partial charge in [0.15, 0.2) is 0 Å². The van der Waals surface area contributed by atoms with Gasteiger partial charge in [-0.2, -0.15) is 0 Å².